The van der Waals surface area contributed by atoms with Crippen LogP contribution in [0.15, 0.2) is 83.3 Å². The standard InChI is InChI=1S/C20H16BrNO/c21-17-10-6-11-18(14-17)22-20(23)19-12-5-4-9-16(19)13-15-7-2-1-3-8-15/h1-12,14H,13H2,(H,22,23). The predicted octanol–water partition coefficient (Wildman–Crippen LogP) is 5.29. The lowest BCUT2D eigenvalue weighted by molar-refractivity contribution is 0.102. The maximum atomic E-state index is 12.6. The number of carbonyl (C=O) groups excluding carboxylic acids is 1. The van der Waals surface area contributed by atoms with Crippen LogP contribution in [-0.2, 0) is 6.42 Å². The Hall–Kier alpha value is -2.39. The van der Waals surface area contributed by atoms with E-state index in [1.165, 1.54) is 5.56 Å². The molecule has 0 bridgehead atoms. The Morgan fingerprint density at radius 2 is 1.61 bits per heavy atom. The van der Waals surface area contributed by atoms with Crippen molar-refractivity contribution in [1.29, 1.82) is 0 Å². The van der Waals surface area contributed by atoms with Crippen LogP contribution in [0.3, 0.4) is 0 Å². The lowest BCUT2D eigenvalue weighted by Crippen LogP contribution is -2.14. The SMILES string of the molecule is O=C(Nc1cccc(Br)c1)c1ccccc1Cc1ccccc1. The van der Waals surface area contributed by atoms with Gasteiger partial charge in [0.15, 0.2) is 0 Å². The van der Waals surface area contributed by atoms with Crippen molar-refractivity contribution in [3.63, 3.8) is 0 Å². The Kier molecular flexibility index (Phi) is 4.89. The van der Waals surface area contributed by atoms with E-state index in [4.69, 9.17) is 0 Å². The summed E-state index contributed by atoms with van der Waals surface area (Å²) < 4.78 is 0.938. The molecule has 0 heterocycles. The number of hydrogen-bond acceptors (Lipinski definition) is 1. The molecule has 0 saturated carbocycles. The summed E-state index contributed by atoms with van der Waals surface area (Å²) in [6, 6.07) is 25.5. The minimum atomic E-state index is -0.0883. The lowest BCUT2D eigenvalue weighted by atomic mass is 9.99. The molecule has 0 aliphatic heterocycles. The fraction of sp³-hybridized carbons (Fsp3) is 0.0500. The predicted molar refractivity (Wildman–Crippen MR) is 97.8 cm³/mol. The van der Waals surface area contributed by atoms with Crippen molar-refractivity contribution in [3.8, 4) is 0 Å². The second-order valence-corrected chi connectivity index (χ2v) is 6.20. The molecular weight excluding hydrogens is 350 g/mol. The fourth-order valence-electron chi connectivity index (χ4n) is 2.48. The van der Waals surface area contributed by atoms with Crippen molar-refractivity contribution < 1.29 is 4.79 Å². The zero-order chi connectivity index (χ0) is 16.1. The van der Waals surface area contributed by atoms with Crippen LogP contribution in [0.1, 0.15) is 21.5 Å². The molecule has 0 unspecified atom stereocenters. The fourth-order valence-corrected chi connectivity index (χ4v) is 2.88. The van der Waals surface area contributed by atoms with Gasteiger partial charge in [0.05, 0.1) is 0 Å². The van der Waals surface area contributed by atoms with Crippen LogP contribution in [0, 0.1) is 0 Å². The first-order valence-corrected chi connectivity index (χ1v) is 8.20. The number of anilines is 1. The van der Waals surface area contributed by atoms with E-state index in [-0.39, 0.29) is 5.91 Å². The van der Waals surface area contributed by atoms with Crippen LogP contribution in [0.25, 0.3) is 0 Å². The van der Waals surface area contributed by atoms with E-state index in [1.807, 2.05) is 66.7 Å². The monoisotopic (exact) mass is 365 g/mol. The summed E-state index contributed by atoms with van der Waals surface area (Å²) >= 11 is 3.42. The van der Waals surface area contributed by atoms with Gasteiger partial charge in [-0.05, 0) is 41.8 Å². The van der Waals surface area contributed by atoms with Gasteiger partial charge in [-0.1, -0.05) is 70.5 Å². The minimum Gasteiger partial charge on any atom is -0.322 e. The van der Waals surface area contributed by atoms with Gasteiger partial charge in [-0.2, -0.15) is 0 Å². The number of rotatable bonds is 4. The maximum absolute atomic E-state index is 12.6. The van der Waals surface area contributed by atoms with Crippen molar-refractivity contribution in [2.24, 2.45) is 0 Å². The van der Waals surface area contributed by atoms with Gasteiger partial charge in [-0.15, -0.1) is 0 Å². The van der Waals surface area contributed by atoms with Gasteiger partial charge in [0.25, 0.3) is 5.91 Å². The molecule has 0 aromatic heterocycles. The van der Waals surface area contributed by atoms with Crippen molar-refractivity contribution in [2.75, 3.05) is 5.32 Å². The van der Waals surface area contributed by atoms with Gasteiger partial charge in [0, 0.05) is 15.7 Å². The summed E-state index contributed by atoms with van der Waals surface area (Å²) in [5, 5.41) is 2.96. The molecule has 114 valence electrons. The highest BCUT2D eigenvalue weighted by Gasteiger charge is 2.11. The molecule has 0 atom stereocenters. The number of carbonyl (C=O) groups is 1. The molecule has 0 saturated heterocycles. The Balaban J connectivity index is 1.83. The third kappa shape index (κ3) is 4.08. The van der Waals surface area contributed by atoms with Gasteiger partial charge >= 0.3 is 0 Å². The zero-order valence-electron chi connectivity index (χ0n) is 12.5. The molecule has 0 aliphatic rings. The number of amides is 1. The van der Waals surface area contributed by atoms with Gasteiger partial charge in [-0.25, -0.2) is 0 Å². The molecule has 2 nitrogen and oxygen atoms in total. The first-order valence-electron chi connectivity index (χ1n) is 7.41. The van der Waals surface area contributed by atoms with E-state index in [0.717, 1.165) is 22.1 Å². The largest absolute Gasteiger partial charge is 0.322 e. The maximum Gasteiger partial charge on any atom is 0.255 e. The first-order chi connectivity index (χ1) is 11.2. The quantitative estimate of drug-likeness (QED) is 0.668. The normalized spacial score (nSPS) is 10.3. The van der Waals surface area contributed by atoms with Crippen LogP contribution >= 0.6 is 15.9 Å². The Morgan fingerprint density at radius 1 is 0.870 bits per heavy atom. The molecule has 0 spiro atoms. The Labute approximate surface area is 144 Å². The van der Waals surface area contributed by atoms with Gasteiger partial charge in [-0.3, -0.25) is 4.79 Å². The van der Waals surface area contributed by atoms with Crippen LogP contribution in [-0.4, -0.2) is 5.91 Å². The van der Waals surface area contributed by atoms with Crippen molar-refractivity contribution in [1.82, 2.24) is 0 Å². The second kappa shape index (κ2) is 7.25. The van der Waals surface area contributed by atoms with E-state index >= 15 is 0 Å². The molecular formula is C20H16BrNO. The number of halogens is 1. The average molecular weight is 366 g/mol. The number of benzene rings is 3. The summed E-state index contributed by atoms with van der Waals surface area (Å²) in [5.41, 5.74) is 3.69. The third-order valence-corrected chi connectivity index (χ3v) is 4.08. The topological polar surface area (TPSA) is 29.1 Å². The molecule has 1 amide bonds. The minimum absolute atomic E-state index is 0.0883. The van der Waals surface area contributed by atoms with Gasteiger partial charge in [0.1, 0.15) is 0 Å². The molecule has 3 heteroatoms. The van der Waals surface area contributed by atoms with E-state index in [2.05, 4.69) is 33.4 Å². The van der Waals surface area contributed by atoms with Gasteiger partial charge in [0.2, 0.25) is 0 Å². The van der Waals surface area contributed by atoms with E-state index < -0.39 is 0 Å². The lowest BCUT2D eigenvalue weighted by Gasteiger charge is -2.10. The second-order valence-electron chi connectivity index (χ2n) is 5.28. The molecule has 3 aromatic rings. The zero-order valence-corrected chi connectivity index (χ0v) is 14.1. The smallest absolute Gasteiger partial charge is 0.255 e. The molecule has 0 radical (unpaired) electrons. The van der Waals surface area contributed by atoms with E-state index in [9.17, 15) is 4.79 Å². The summed E-state index contributed by atoms with van der Waals surface area (Å²) in [4.78, 5) is 12.6. The molecule has 1 N–H and O–H groups in total. The van der Waals surface area contributed by atoms with Crippen LogP contribution in [0.4, 0.5) is 5.69 Å². The Morgan fingerprint density at radius 3 is 2.39 bits per heavy atom. The molecule has 0 aliphatic carbocycles. The summed E-state index contributed by atoms with van der Waals surface area (Å²) in [5.74, 6) is -0.0883. The van der Waals surface area contributed by atoms with E-state index in [1.54, 1.807) is 0 Å². The van der Waals surface area contributed by atoms with Crippen molar-refractivity contribution >= 4 is 27.5 Å². The van der Waals surface area contributed by atoms with Crippen LogP contribution in [0.5, 0.6) is 0 Å². The van der Waals surface area contributed by atoms with Gasteiger partial charge < -0.3 is 5.32 Å². The average Bonchev–Trinajstić information content (AvgIpc) is 2.56. The highest BCUT2D eigenvalue weighted by molar-refractivity contribution is 9.10. The van der Waals surface area contributed by atoms with Crippen LogP contribution < -0.4 is 5.32 Å². The highest BCUT2D eigenvalue weighted by Crippen LogP contribution is 2.19. The highest BCUT2D eigenvalue weighted by atomic mass is 79.9. The summed E-state index contributed by atoms with van der Waals surface area (Å²) in [7, 11) is 0. The van der Waals surface area contributed by atoms with Crippen molar-refractivity contribution in [3.05, 3.63) is 100 Å². The van der Waals surface area contributed by atoms with E-state index in [0.29, 0.717) is 5.56 Å². The van der Waals surface area contributed by atoms with Crippen LogP contribution in [0.2, 0.25) is 0 Å². The summed E-state index contributed by atoms with van der Waals surface area (Å²) in [6.07, 6.45) is 0.739. The number of hydrogen-bond donors (Lipinski definition) is 1. The first kappa shape index (κ1) is 15.5. The molecule has 23 heavy (non-hydrogen) atoms. The molecule has 3 aromatic carbocycles. The molecule has 3 rings (SSSR count). The Bertz CT molecular complexity index is 815. The number of nitrogens with one attached hydrogen (secondary N) is 1. The molecule has 0 fully saturated rings. The van der Waals surface area contributed by atoms with Crippen molar-refractivity contribution in [2.45, 2.75) is 6.42 Å². The third-order valence-electron chi connectivity index (χ3n) is 3.58. The summed E-state index contributed by atoms with van der Waals surface area (Å²) in [6.45, 7) is 0.